The van der Waals surface area contributed by atoms with Crippen LogP contribution in [0.15, 0.2) is 48.1 Å². The van der Waals surface area contributed by atoms with Crippen molar-refractivity contribution in [2.45, 2.75) is 71.7 Å². The van der Waals surface area contributed by atoms with E-state index in [1.807, 2.05) is 69.6 Å². The van der Waals surface area contributed by atoms with Gasteiger partial charge in [-0.2, -0.15) is 0 Å². The molecule has 0 bridgehead atoms. The number of aromatic nitrogens is 2. The van der Waals surface area contributed by atoms with E-state index in [1.54, 1.807) is 17.5 Å². The minimum atomic E-state index is -0.850. The second-order valence-electron chi connectivity index (χ2n) is 14.3. The molecule has 0 radical (unpaired) electrons. The fourth-order valence-electron chi connectivity index (χ4n) is 6.48. The Morgan fingerprint density at radius 2 is 1.81 bits per heavy atom. The van der Waals surface area contributed by atoms with E-state index in [9.17, 15) is 19.5 Å². The van der Waals surface area contributed by atoms with Crippen LogP contribution in [0.4, 0.5) is 5.82 Å². The normalized spacial score (nSPS) is 18.2. The Morgan fingerprint density at radius 1 is 1.08 bits per heavy atom. The van der Waals surface area contributed by atoms with E-state index >= 15 is 0 Å². The SMILES string of the molecule is Cc1ncsc1-c1ccc(CNC(=O)[C@@H]2C[C@@H](O)CN2C(=O)[C@@H](NC(=O)CCCN2CCN(c3ccc(C#CCN)cn3)CC2)C(C)(C)C)cc1.Cl. The van der Waals surface area contributed by atoms with Crippen molar-refractivity contribution < 1.29 is 19.5 Å². The maximum Gasteiger partial charge on any atom is 0.246 e. The molecule has 0 saturated carbocycles. The summed E-state index contributed by atoms with van der Waals surface area (Å²) in [4.78, 5) is 56.5. The first-order valence-corrected chi connectivity index (χ1v) is 18.5. The van der Waals surface area contributed by atoms with Gasteiger partial charge in [0.15, 0.2) is 0 Å². The number of amides is 3. The monoisotopic (exact) mass is 750 g/mol. The highest BCUT2D eigenvalue weighted by atomic mass is 35.5. The third kappa shape index (κ3) is 10.7. The lowest BCUT2D eigenvalue weighted by molar-refractivity contribution is -0.144. The molecule has 2 saturated heterocycles. The van der Waals surface area contributed by atoms with Gasteiger partial charge < -0.3 is 31.3 Å². The number of aliphatic hydroxyl groups is 1. The molecule has 3 aromatic rings. The summed E-state index contributed by atoms with van der Waals surface area (Å²) in [6, 6.07) is 10.2. The summed E-state index contributed by atoms with van der Waals surface area (Å²) in [6.45, 7) is 12.5. The van der Waals surface area contributed by atoms with E-state index in [4.69, 9.17) is 5.73 Å². The summed E-state index contributed by atoms with van der Waals surface area (Å²) < 4.78 is 0. The molecule has 2 aliphatic heterocycles. The van der Waals surface area contributed by atoms with E-state index in [1.165, 1.54) is 4.90 Å². The third-order valence-electron chi connectivity index (χ3n) is 9.37. The minimum Gasteiger partial charge on any atom is -0.391 e. The Morgan fingerprint density at radius 3 is 2.42 bits per heavy atom. The van der Waals surface area contributed by atoms with Crippen LogP contribution in [0, 0.1) is 24.2 Å². The van der Waals surface area contributed by atoms with Crippen LogP contribution in [-0.4, -0.2) is 107 Å². The van der Waals surface area contributed by atoms with Crippen LogP contribution in [0.2, 0.25) is 0 Å². The first kappa shape index (κ1) is 40.7. The molecule has 2 aliphatic rings. The zero-order valence-electron chi connectivity index (χ0n) is 30.4. The highest BCUT2D eigenvalue weighted by Gasteiger charge is 2.44. The highest BCUT2D eigenvalue weighted by Crippen LogP contribution is 2.28. The number of β-amino-alcohol motifs (C(OH)–C–C–N with tert-alkyl or cyclic N) is 1. The molecule has 3 amide bonds. The number of thiazole rings is 1. The maximum atomic E-state index is 14.0. The number of aliphatic hydroxyl groups excluding tert-OH is 1. The maximum absolute atomic E-state index is 14.0. The van der Waals surface area contributed by atoms with Crippen molar-refractivity contribution in [3.8, 4) is 22.3 Å². The van der Waals surface area contributed by atoms with Gasteiger partial charge in [-0.05, 0) is 48.6 Å². The predicted molar refractivity (Wildman–Crippen MR) is 207 cm³/mol. The van der Waals surface area contributed by atoms with Gasteiger partial charge in [0.05, 0.1) is 28.7 Å². The van der Waals surface area contributed by atoms with Crippen LogP contribution >= 0.6 is 23.7 Å². The molecule has 4 heterocycles. The number of hydrogen-bond acceptors (Lipinski definition) is 10. The van der Waals surface area contributed by atoms with Crippen LogP contribution in [-0.2, 0) is 20.9 Å². The molecule has 2 fully saturated rings. The smallest absolute Gasteiger partial charge is 0.246 e. The summed E-state index contributed by atoms with van der Waals surface area (Å²) >= 11 is 1.59. The first-order valence-electron chi connectivity index (χ1n) is 17.6. The molecule has 3 atom stereocenters. The third-order valence-corrected chi connectivity index (χ3v) is 10.3. The van der Waals surface area contributed by atoms with Gasteiger partial charge in [0.25, 0.3) is 0 Å². The fourth-order valence-corrected chi connectivity index (χ4v) is 7.29. The number of piperazine rings is 1. The number of aryl methyl sites for hydroxylation is 1. The van der Waals surface area contributed by atoms with Gasteiger partial charge in [0.2, 0.25) is 17.7 Å². The predicted octanol–water partition coefficient (Wildman–Crippen LogP) is 2.96. The van der Waals surface area contributed by atoms with Crippen LogP contribution < -0.4 is 21.3 Å². The molecule has 5 N–H and O–H groups in total. The van der Waals surface area contributed by atoms with E-state index in [0.717, 1.165) is 65.8 Å². The second-order valence-corrected chi connectivity index (χ2v) is 15.1. The summed E-state index contributed by atoms with van der Waals surface area (Å²) in [5, 5.41) is 16.5. The van der Waals surface area contributed by atoms with E-state index < -0.39 is 23.6 Å². The Hall–Kier alpha value is -4.06. The second kappa shape index (κ2) is 18.6. The lowest BCUT2D eigenvalue weighted by atomic mass is 9.85. The van der Waals surface area contributed by atoms with Crippen LogP contribution in [0.3, 0.4) is 0 Å². The van der Waals surface area contributed by atoms with E-state index in [-0.39, 0.29) is 49.5 Å². The number of pyridine rings is 1. The van der Waals surface area contributed by atoms with Crippen LogP contribution in [0.5, 0.6) is 0 Å². The molecule has 5 rings (SSSR count). The number of nitrogens with one attached hydrogen (secondary N) is 2. The molecule has 0 spiro atoms. The van der Waals surface area contributed by atoms with Gasteiger partial charge in [0.1, 0.15) is 17.9 Å². The number of nitrogens with zero attached hydrogens (tertiary/aromatic N) is 5. The standard InChI is InChI=1S/C38H50N8O4S.ClH/c1-26-34(51-25-42-26)29-12-9-28(10-13-29)23-41-36(49)31-21-30(47)24-46(31)37(50)35(38(2,3)4)43-33(48)8-6-16-44-17-19-45(20-18-44)32-14-11-27(22-40-32)7-5-15-39;/h9-14,22,25,30-31,35,47H,6,8,15-21,23-24,39H2,1-4H3,(H,41,49)(H,43,48);1H/t30-,31+,35-;/m1./s1. The lowest BCUT2D eigenvalue weighted by Gasteiger charge is -2.36. The van der Waals surface area contributed by atoms with Gasteiger partial charge in [-0.25, -0.2) is 9.97 Å². The summed E-state index contributed by atoms with van der Waals surface area (Å²) in [5.41, 5.74) is 10.5. The molecule has 14 heteroatoms. The van der Waals surface area contributed by atoms with Gasteiger partial charge >= 0.3 is 0 Å². The zero-order chi connectivity index (χ0) is 36.5. The number of anilines is 1. The Bertz CT molecular complexity index is 1710. The highest BCUT2D eigenvalue weighted by molar-refractivity contribution is 7.13. The van der Waals surface area contributed by atoms with Gasteiger partial charge in [-0.1, -0.05) is 56.9 Å². The molecule has 1 aromatic carbocycles. The molecule has 2 aromatic heterocycles. The van der Waals surface area contributed by atoms with Gasteiger partial charge in [-0.3, -0.25) is 19.3 Å². The fraction of sp³-hybridized carbons (Fsp3) is 0.500. The number of carbonyl (C=O) groups is 3. The zero-order valence-corrected chi connectivity index (χ0v) is 32.1. The number of benzene rings is 1. The number of halogens is 1. The van der Waals surface area contributed by atoms with Crippen molar-refractivity contribution in [3.05, 3.63) is 64.9 Å². The Kier molecular flexibility index (Phi) is 14.6. The largest absolute Gasteiger partial charge is 0.391 e. The number of carbonyl (C=O) groups excluding carboxylic acids is 3. The molecule has 0 aliphatic carbocycles. The number of nitrogens with two attached hydrogens (primary N) is 1. The average molecular weight is 751 g/mol. The number of likely N-dealkylation sites (tertiary alicyclic amines) is 1. The molecule has 0 unspecified atom stereocenters. The van der Waals surface area contributed by atoms with E-state index in [0.29, 0.717) is 19.5 Å². The lowest BCUT2D eigenvalue weighted by Crippen LogP contribution is -2.57. The van der Waals surface area contributed by atoms with Crippen molar-refractivity contribution in [2.75, 3.05) is 50.7 Å². The molecule has 280 valence electrons. The number of rotatable bonds is 11. The number of hydrogen-bond donors (Lipinski definition) is 4. The summed E-state index contributed by atoms with van der Waals surface area (Å²) in [7, 11) is 0. The van der Waals surface area contributed by atoms with Crippen molar-refractivity contribution in [3.63, 3.8) is 0 Å². The van der Waals surface area contributed by atoms with Crippen molar-refractivity contribution >= 4 is 47.3 Å². The molecule has 52 heavy (non-hydrogen) atoms. The average Bonchev–Trinajstić information content (AvgIpc) is 3.73. The summed E-state index contributed by atoms with van der Waals surface area (Å²) in [5.74, 6) is 5.86. The van der Waals surface area contributed by atoms with Crippen molar-refractivity contribution in [1.29, 1.82) is 0 Å². The molecular formula is C38H51ClN8O4S. The molecular weight excluding hydrogens is 700 g/mol. The quantitative estimate of drug-likeness (QED) is 0.217. The topological polar surface area (TPSA) is 157 Å². The van der Waals surface area contributed by atoms with E-state index in [2.05, 4.69) is 42.2 Å². The Balaban J connectivity index is 0.00000605. The van der Waals surface area contributed by atoms with Crippen molar-refractivity contribution in [2.24, 2.45) is 11.1 Å². The van der Waals surface area contributed by atoms with Gasteiger partial charge in [-0.15, -0.1) is 23.7 Å². The molecule has 12 nitrogen and oxygen atoms in total. The van der Waals surface area contributed by atoms with Crippen LogP contribution in [0.25, 0.3) is 10.4 Å². The van der Waals surface area contributed by atoms with Crippen LogP contribution in [0.1, 0.15) is 56.9 Å². The first-order chi connectivity index (χ1) is 24.4. The Labute approximate surface area is 317 Å². The van der Waals surface area contributed by atoms with Crippen molar-refractivity contribution in [1.82, 2.24) is 30.4 Å². The summed E-state index contributed by atoms with van der Waals surface area (Å²) in [6.07, 6.45) is 2.02. The van der Waals surface area contributed by atoms with Gasteiger partial charge in [0, 0.05) is 63.9 Å². The minimum absolute atomic E-state index is 0.